The average Bonchev–Trinajstić information content (AvgIpc) is 1.42. The lowest BCUT2D eigenvalue weighted by Crippen LogP contribution is -2.53. The number of carbonyl (C=O) groups excluding carboxylic acids is 5. The molecule has 143 heavy (non-hydrogen) atoms. The van der Waals surface area contributed by atoms with E-state index < -0.39 is 49.6 Å². The second-order valence-corrected chi connectivity index (χ2v) is 43.4. The number of esters is 2. The van der Waals surface area contributed by atoms with Gasteiger partial charge >= 0.3 is 42.0 Å². The Kier molecular flexibility index (Phi) is 50.1. The van der Waals surface area contributed by atoms with Crippen molar-refractivity contribution in [2.45, 2.75) is 239 Å². The number of carboxylic acids is 3. The molecule has 1 aromatic heterocycles. The number of carbonyl (C=O) groups is 8. The molecular weight excluding hydrogens is 1830 g/mol. The lowest BCUT2D eigenvalue weighted by atomic mass is 9.79. The van der Waals surface area contributed by atoms with Crippen LogP contribution < -0.4 is 16.0 Å². The van der Waals surface area contributed by atoms with Gasteiger partial charge in [0.2, 0.25) is 13.1 Å². The number of hydrogen-bond donors (Lipinski definition) is 8. The number of aliphatic carboxylic acids is 2. The van der Waals surface area contributed by atoms with Crippen molar-refractivity contribution in [3.05, 3.63) is 300 Å². The van der Waals surface area contributed by atoms with Crippen molar-refractivity contribution in [3.63, 3.8) is 0 Å². The number of rotatable bonds is 24. The van der Waals surface area contributed by atoms with E-state index in [9.17, 15) is 63.7 Å². The van der Waals surface area contributed by atoms with Crippen molar-refractivity contribution in [2.75, 3.05) is 66.3 Å². The molecule has 774 valence electrons. The van der Waals surface area contributed by atoms with Crippen LogP contribution >= 0.6 is 0 Å². The number of pyridine rings is 1. The number of aryl methyl sites for hydroxylation is 3. The molecule has 2 amide bonds. The number of aromatic carboxylic acids is 1. The van der Waals surface area contributed by atoms with E-state index in [0.29, 0.717) is 44.1 Å². The Labute approximate surface area is 844 Å². The third-order valence-electron chi connectivity index (χ3n) is 26.4. The number of allylic oxidation sites excluding steroid dienone is 3. The van der Waals surface area contributed by atoms with E-state index in [-0.39, 0.29) is 114 Å². The summed E-state index contributed by atoms with van der Waals surface area (Å²) in [4.78, 5) is 112. The Bertz CT molecular complexity index is 5170. The average molecular weight is 1990 g/mol. The first kappa shape index (κ1) is 118. The maximum atomic E-state index is 12.2. The number of hydrogen-bond acceptors (Lipinski definition) is 21. The largest absolute Gasteiger partial charge is 0.481 e. The van der Waals surface area contributed by atoms with Gasteiger partial charge in [0.15, 0.2) is 8.32 Å². The standard InChI is InChI=1S/C22H23NO4.C20H27NOSi.C16H14O2.C12H21NO4.C8H11N.2C7H13NO3.C7H10O2.C7H6O2.C6H8O.C2H6/c24-21(25)15-11-5-6-14(15)12-23-22(26)27-13-20-18-9-3-1-7-16(18)17-8-2-4-10-19(17)20;1-23(2,3)22-20(19-15-10-16-21-19,17-11-6-4-7-12-17)18-13-8-5-9-14-18;1-11(17)18-10-16-14-8-4-2-6-12(14)13-7-3-5-9-15(13)16;1-12(2,3)17-11(16)13-7-8-5-4-6-9(8)10(14)15;1-6-4-7(2)9-8(3)5-6;2*9-5-7-3-1-2-6(7)4-8(10)11;1-9-7(8)6-4-2-3-5-6;8-7(9)6-4-2-1-3-5-6;7-5-6-3-1-2-4-6;1-2/h1-4,7-10,14-15,20H,5-6,11-13H2,(H,23,26)(H,24,25);4-9,11-14,19,21H,10,15-16H2,1-3H3;2-9,16H,10H2,1H3;8-9H,4-7H2,1-3H3,(H,13,16)(H,14,15);4-5H,1-3H3;2*6-7,9H,1-5H2;4H,2-3,5H2,1H3;1-5H,(H,8,9);3,5H,1-2,4H2;1-2H3/t14-,15+;19-;;8-,9+;;2*6-,7-;;;;/m00.0.00..../s1. The first-order valence-corrected chi connectivity index (χ1v) is 53.8. The number of benzene rings is 7. The van der Waals surface area contributed by atoms with Gasteiger partial charge in [-0.25, -0.2) is 19.2 Å². The lowest BCUT2D eigenvalue weighted by molar-refractivity contribution is -0.489. The van der Waals surface area contributed by atoms with Crippen LogP contribution in [0.4, 0.5) is 9.59 Å². The van der Waals surface area contributed by atoms with Gasteiger partial charge in [0.05, 0.1) is 24.5 Å². The number of nitrogens with one attached hydrogen (secondary N) is 3. The maximum Gasteiger partial charge on any atom is 0.407 e. The fraction of sp³-hybridized carbons (Fsp3) is 0.482. The number of alkyl carbamates (subject to hydrolysis) is 2. The fourth-order valence-corrected chi connectivity index (χ4v) is 21.2. The summed E-state index contributed by atoms with van der Waals surface area (Å²) in [6, 6.07) is 67.3. The second-order valence-electron chi connectivity index (χ2n) is 39.0. The first-order chi connectivity index (χ1) is 68.5. The SMILES string of the molecule is CC.CC(=O)OCC1c2ccccc2-c2ccccc21.CC(C)(C)OC(=O)NC[C@@H]1CCC[C@H]1C(=O)O.COC(=O)C1=CCCC1.C[Si](C)(C)OC(c1ccccc1)(c1ccccc1)[C@@H]1CCCN1.Cc1cc(C)nc(C)c1.O=C(NC[C@@H]1CCC[C@H]1C(=O)O)OCC1c2ccccc2-c2ccccc21.O=C(O)c1ccccc1.O=CC1=CCCC1.O=[N+]([O-])C[C@@H]1CCC[C@H]1CO.O=[N+]([O-])C[C@@H]1CCC[C@H]1CO. The lowest BCUT2D eigenvalue weighted by Gasteiger charge is -2.44. The molecule has 29 heteroatoms. The molecule has 7 aromatic carbocycles. The van der Waals surface area contributed by atoms with E-state index in [4.69, 9.17) is 39.1 Å². The molecule has 0 radical (unpaired) electrons. The second kappa shape index (κ2) is 60.9. The number of carboxylic acid groups (broad SMARTS) is 3. The zero-order valence-corrected chi connectivity index (χ0v) is 86.7. The highest BCUT2D eigenvalue weighted by Crippen LogP contribution is 2.48. The van der Waals surface area contributed by atoms with Gasteiger partial charge in [0.1, 0.15) is 30.7 Å². The molecule has 8 aliphatic carbocycles. The highest BCUT2D eigenvalue weighted by atomic mass is 28.4. The molecule has 1 saturated heterocycles. The highest BCUT2D eigenvalue weighted by Gasteiger charge is 2.47. The number of amides is 2. The molecule has 5 fully saturated rings. The van der Waals surface area contributed by atoms with Crippen LogP contribution in [-0.2, 0) is 52.9 Å². The molecule has 1 aliphatic heterocycles. The quantitative estimate of drug-likeness (QED) is 0.00695. The number of aldehydes is 1. The van der Waals surface area contributed by atoms with Gasteiger partial charge in [-0.15, -0.1) is 0 Å². The van der Waals surface area contributed by atoms with E-state index in [2.05, 4.69) is 174 Å². The number of fused-ring (bicyclic) bond motifs is 6. The number of aliphatic hydroxyl groups is 2. The third kappa shape index (κ3) is 38.7. The molecule has 9 atom stereocenters. The summed E-state index contributed by atoms with van der Waals surface area (Å²) in [5.74, 6) is -2.68. The summed E-state index contributed by atoms with van der Waals surface area (Å²) in [7, 11) is -0.348. The number of aromatic nitrogens is 1. The van der Waals surface area contributed by atoms with Gasteiger partial charge in [-0.3, -0.25) is 44.4 Å². The Morgan fingerprint density at radius 3 is 1.23 bits per heavy atom. The zero-order chi connectivity index (χ0) is 105. The number of nitrogens with zero attached hydrogens (tertiary/aromatic N) is 3. The van der Waals surface area contributed by atoms with Crippen molar-refractivity contribution < 1.29 is 97.1 Å². The maximum absolute atomic E-state index is 12.2. The van der Waals surface area contributed by atoms with E-state index >= 15 is 0 Å². The molecule has 8 N–H and O–H groups in total. The van der Waals surface area contributed by atoms with Gasteiger partial charge in [-0.1, -0.05) is 228 Å². The third-order valence-corrected chi connectivity index (χ3v) is 27.3. The van der Waals surface area contributed by atoms with Crippen LogP contribution in [0.3, 0.4) is 0 Å². The Balaban J connectivity index is 0.000000221. The number of nitro groups is 2. The molecule has 4 saturated carbocycles. The first-order valence-electron chi connectivity index (χ1n) is 50.4. The van der Waals surface area contributed by atoms with E-state index in [1.54, 1.807) is 51.1 Å². The number of aliphatic hydroxyl groups excluding tert-OH is 2. The van der Waals surface area contributed by atoms with E-state index in [0.717, 1.165) is 138 Å². The van der Waals surface area contributed by atoms with Gasteiger partial charge < -0.3 is 64.9 Å². The Hall–Kier alpha value is -12.4. The van der Waals surface area contributed by atoms with Crippen molar-refractivity contribution in [1.82, 2.24) is 20.9 Å². The van der Waals surface area contributed by atoms with Crippen molar-refractivity contribution in [2.24, 2.45) is 47.3 Å². The van der Waals surface area contributed by atoms with E-state index in [1.165, 1.54) is 88.1 Å². The minimum Gasteiger partial charge on any atom is -0.481 e. The predicted octanol–water partition coefficient (Wildman–Crippen LogP) is 22.3. The van der Waals surface area contributed by atoms with Crippen LogP contribution in [0.2, 0.25) is 19.6 Å². The topological polar surface area (TPSA) is 419 Å². The molecule has 17 rings (SSSR count). The van der Waals surface area contributed by atoms with Gasteiger partial charge in [0, 0.05) is 89.7 Å². The summed E-state index contributed by atoms with van der Waals surface area (Å²) < 4.78 is 27.3. The summed E-state index contributed by atoms with van der Waals surface area (Å²) in [5.41, 5.74) is 17.0. The number of ether oxygens (including phenoxy) is 4. The van der Waals surface area contributed by atoms with Gasteiger partial charge in [-0.05, 0) is 285 Å². The summed E-state index contributed by atoms with van der Waals surface area (Å²) >= 11 is 0. The predicted molar refractivity (Wildman–Crippen MR) is 558 cm³/mol. The normalized spacial score (nSPS) is 19.4. The van der Waals surface area contributed by atoms with E-state index in [1.807, 2.05) is 88.4 Å². The molecule has 28 nitrogen and oxygen atoms in total. The molecule has 0 bridgehead atoms. The van der Waals surface area contributed by atoms with Gasteiger partial charge in [-0.2, -0.15) is 0 Å². The van der Waals surface area contributed by atoms with Crippen LogP contribution in [0.1, 0.15) is 242 Å². The molecule has 9 aliphatic rings. The summed E-state index contributed by atoms with van der Waals surface area (Å²) in [6.45, 7) is 26.6. The minimum absolute atomic E-state index is 0.0111. The van der Waals surface area contributed by atoms with Gasteiger partial charge in [0.25, 0.3) is 0 Å². The smallest absolute Gasteiger partial charge is 0.407 e. The van der Waals surface area contributed by atoms with Crippen LogP contribution in [0.15, 0.2) is 223 Å². The molecule has 0 unspecified atom stereocenters. The van der Waals surface area contributed by atoms with Crippen molar-refractivity contribution in [3.8, 4) is 22.3 Å². The molecular formula is C114H152N6O22Si. The zero-order valence-electron chi connectivity index (χ0n) is 85.7. The summed E-state index contributed by atoms with van der Waals surface area (Å²) in [5, 5.41) is 73.7. The monoisotopic (exact) mass is 1990 g/mol. The van der Waals surface area contributed by atoms with Crippen LogP contribution in [0, 0.1) is 88.3 Å². The Morgan fingerprint density at radius 1 is 0.503 bits per heavy atom. The number of methoxy groups -OCH3 is 1. The summed E-state index contributed by atoms with van der Waals surface area (Å²) in [6.07, 6.45) is 23.3. The molecule has 8 aromatic rings. The fourth-order valence-electron chi connectivity index (χ4n) is 19.9. The molecule has 0 spiro atoms. The minimum atomic E-state index is -1.77. The Morgan fingerprint density at radius 2 is 0.895 bits per heavy atom. The van der Waals surface area contributed by atoms with Crippen molar-refractivity contribution >= 4 is 56.6 Å². The highest BCUT2D eigenvalue weighted by molar-refractivity contribution is 6.69. The van der Waals surface area contributed by atoms with Crippen LogP contribution in [0.5, 0.6) is 0 Å². The van der Waals surface area contributed by atoms with Crippen LogP contribution in [0.25, 0.3) is 22.3 Å². The van der Waals surface area contributed by atoms with Crippen molar-refractivity contribution in [1.29, 1.82) is 0 Å². The molecule has 2 heterocycles. The van der Waals surface area contributed by atoms with Crippen LogP contribution in [-0.4, -0.2) is 175 Å².